The zero-order chi connectivity index (χ0) is 16.4. The molecule has 1 saturated carbocycles. The molecule has 2 heterocycles. The molecule has 126 valence electrons. The summed E-state index contributed by atoms with van der Waals surface area (Å²) in [5, 5.41) is 9.86. The second-order valence-electron chi connectivity index (χ2n) is 6.19. The number of anilines is 1. The zero-order valence-corrected chi connectivity index (χ0v) is 12.6. The van der Waals surface area contributed by atoms with E-state index < -0.39 is 11.9 Å². The molecule has 2 atom stereocenters. The summed E-state index contributed by atoms with van der Waals surface area (Å²) in [6.07, 6.45) is -0.0270. The molecule has 1 amide bonds. The number of carbonyl (C=O) groups is 1. The van der Waals surface area contributed by atoms with E-state index in [2.05, 4.69) is 15.5 Å². The predicted molar refractivity (Wildman–Crippen MR) is 77.6 cm³/mol. The van der Waals surface area contributed by atoms with Gasteiger partial charge in [-0.15, -0.1) is 10.2 Å². The molecule has 0 spiro atoms. The molecule has 0 unspecified atom stereocenters. The van der Waals surface area contributed by atoms with E-state index in [1.807, 2.05) is 4.90 Å². The van der Waals surface area contributed by atoms with Gasteiger partial charge in [0.1, 0.15) is 5.82 Å². The molecule has 0 bridgehead atoms. The fourth-order valence-corrected chi connectivity index (χ4v) is 3.30. The van der Waals surface area contributed by atoms with Crippen molar-refractivity contribution in [2.45, 2.75) is 44.3 Å². The summed E-state index contributed by atoms with van der Waals surface area (Å²) in [5.41, 5.74) is -1.00. The normalized spacial score (nSPS) is 24.9. The van der Waals surface area contributed by atoms with Gasteiger partial charge in [-0.1, -0.05) is 0 Å². The summed E-state index contributed by atoms with van der Waals surface area (Å²) in [5.74, 6) is 0.538. The van der Waals surface area contributed by atoms with Gasteiger partial charge in [-0.25, -0.2) is 0 Å². The molecule has 0 radical (unpaired) electrons. The van der Waals surface area contributed by atoms with Crippen LogP contribution < -0.4 is 5.32 Å². The van der Waals surface area contributed by atoms with Gasteiger partial charge in [-0.05, 0) is 44.2 Å². The van der Waals surface area contributed by atoms with Crippen LogP contribution in [-0.4, -0.2) is 40.1 Å². The highest BCUT2D eigenvalue weighted by atomic mass is 19.4. The van der Waals surface area contributed by atoms with E-state index in [-0.39, 0.29) is 17.9 Å². The van der Waals surface area contributed by atoms with Crippen molar-refractivity contribution < 1.29 is 18.0 Å². The second kappa shape index (κ2) is 6.33. The number of nitrogens with zero attached hydrogens (tertiary/aromatic N) is 3. The molecular weight excluding hydrogens is 309 g/mol. The summed E-state index contributed by atoms with van der Waals surface area (Å²) >= 11 is 0. The molecule has 1 aliphatic carbocycles. The number of hydrogen-bond donors (Lipinski definition) is 1. The maximum atomic E-state index is 12.4. The van der Waals surface area contributed by atoms with Crippen molar-refractivity contribution in [2.75, 3.05) is 18.4 Å². The lowest BCUT2D eigenvalue weighted by atomic mass is 10.1. The topological polar surface area (TPSA) is 58.1 Å². The first-order valence-corrected chi connectivity index (χ1v) is 7.90. The van der Waals surface area contributed by atoms with Crippen molar-refractivity contribution in [3.05, 3.63) is 17.8 Å². The molecule has 2 aliphatic rings. The smallest absolute Gasteiger partial charge is 0.366 e. The number of nitrogens with one attached hydrogen (secondary N) is 1. The van der Waals surface area contributed by atoms with Crippen LogP contribution >= 0.6 is 0 Å². The Bertz CT molecular complexity index is 555. The van der Waals surface area contributed by atoms with Crippen LogP contribution in [0.5, 0.6) is 0 Å². The average molecular weight is 328 g/mol. The highest BCUT2D eigenvalue weighted by Crippen LogP contribution is 2.31. The van der Waals surface area contributed by atoms with Crippen LogP contribution in [0.3, 0.4) is 0 Å². The Morgan fingerprint density at radius 1 is 1.17 bits per heavy atom. The van der Waals surface area contributed by atoms with E-state index >= 15 is 0 Å². The third kappa shape index (κ3) is 3.73. The van der Waals surface area contributed by atoms with Gasteiger partial charge in [0.2, 0.25) is 5.91 Å². The Hall–Kier alpha value is -1.86. The number of alkyl halides is 3. The van der Waals surface area contributed by atoms with Crippen molar-refractivity contribution in [1.82, 2.24) is 15.1 Å². The van der Waals surface area contributed by atoms with Crippen LogP contribution in [0.4, 0.5) is 19.0 Å². The van der Waals surface area contributed by atoms with Gasteiger partial charge in [-0.2, -0.15) is 13.2 Å². The SMILES string of the molecule is O=C([C@@H]1CC[C@H](Nc2ccc(C(F)(F)F)nn2)C1)N1CCCC1. The van der Waals surface area contributed by atoms with E-state index in [1.54, 1.807) is 0 Å². The standard InChI is InChI=1S/C15H19F3N4O/c16-15(17,18)12-5-6-13(21-20-12)19-11-4-3-10(9-11)14(23)22-7-1-2-8-22/h5-6,10-11H,1-4,7-9H2,(H,19,21)/t10-,11+/m1/s1. The molecule has 3 rings (SSSR count). The van der Waals surface area contributed by atoms with Crippen molar-refractivity contribution in [3.8, 4) is 0 Å². The van der Waals surface area contributed by atoms with Crippen LogP contribution in [0.15, 0.2) is 12.1 Å². The first-order chi connectivity index (χ1) is 10.9. The summed E-state index contributed by atoms with van der Waals surface area (Å²) in [4.78, 5) is 14.3. The maximum absolute atomic E-state index is 12.4. The van der Waals surface area contributed by atoms with Gasteiger partial charge in [0.15, 0.2) is 5.69 Å². The summed E-state index contributed by atoms with van der Waals surface area (Å²) < 4.78 is 37.3. The number of carbonyl (C=O) groups excluding carboxylic acids is 1. The fourth-order valence-electron chi connectivity index (χ4n) is 3.30. The zero-order valence-electron chi connectivity index (χ0n) is 12.6. The number of amides is 1. The molecule has 1 N–H and O–H groups in total. The first kappa shape index (κ1) is 16.0. The van der Waals surface area contributed by atoms with Crippen molar-refractivity contribution in [1.29, 1.82) is 0 Å². The van der Waals surface area contributed by atoms with Crippen molar-refractivity contribution >= 4 is 11.7 Å². The molecule has 23 heavy (non-hydrogen) atoms. The van der Waals surface area contributed by atoms with Crippen LogP contribution in [0.2, 0.25) is 0 Å². The highest BCUT2D eigenvalue weighted by Gasteiger charge is 2.35. The van der Waals surface area contributed by atoms with Gasteiger partial charge in [0.25, 0.3) is 0 Å². The molecule has 1 saturated heterocycles. The Labute approximate surface area is 132 Å². The van der Waals surface area contributed by atoms with Gasteiger partial charge in [0, 0.05) is 25.0 Å². The molecule has 8 heteroatoms. The lowest BCUT2D eigenvalue weighted by Gasteiger charge is -2.20. The van der Waals surface area contributed by atoms with E-state index in [0.29, 0.717) is 12.2 Å². The van der Waals surface area contributed by atoms with Crippen LogP contribution in [0.25, 0.3) is 0 Å². The minimum atomic E-state index is -4.48. The van der Waals surface area contributed by atoms with Gasteiger partial charge in [0.05, 0.1) is 0 Å². The van der Waals surface area contributed by atoms with Gasteiger partial charge >= 0.3 is 6.18 Å². The first-order valence-electron chi connectivity index (χ1n) is 7.90. The Kier molecular flexibility index (Phi) is 4.41. The minimum Gasteiger partial charge on any atom is -0.366 e. The second-order valence-corrected chi connectivity index (χ2v) is 6.19. The minimum absolute atomic E-state index is 0.00741. The Balaban J connectivity index is 1.54. The molecule has 1 aliphatic heterocycles. The van der Waals surface area contributed by atoms with Crippen LogP contribution in [0, 0.1) is 5.92 Å². The third-order valence-electron chi connectivity index (χ3n) is 4.51. The van der Waals surface area contributed by atoms with Gasteiger partial charge < -0.3 is 10.2 Å². The number of hydrogen-bond acceptors (Lipinski definition) is 4. The monoisotopic (exact) mass is 328 g/mol. The highest BCUT2D eigenvalue weighted by molar-refractivity contribution is 5.79. The molecule has 2 fully saturated rings. The maximum Gasteiger partial charge on any atom is 0.435 e. The number of aromatic nitrogens is 2. The summed E-state index contributed by atoms with van der Waals surface area (Å²) in [6.45, 7) is 1.69. The Morgan fingerprint density at radius 2 is 1.91 bits per heavy atom. The summed E-state index contributed by atoms with van der Waals surface area (Å²) in [6, 6.07) is 2.25. The van der Waals surface area contributed by atoms with E-state index in [0.717, 1.165) is 44.8 Å². The third-order valence-corrected chi connectivity index (χ3v) is 4.51. The molecule has 5 nitrogen and oxygen atoms in total. The lowest BCUT2D eigenvalue weighted by molar-refractivity contribution is -0.141. The fraction of sp³-hybridized carbons (Fsp3) is 0.667. The van der Waals surface area contributed by atoms with Gasteiger partial charge in [-0.3, -0.25) is 4.79 Å². The Morgan fingerprint density at radius 3 is 2.52 bits per heavy atom. The van der Waals surface area contributed by atoms with Crippen molar-refractivity contribution in [3.63, 3.8) is 0 Å². The van der Waals surface area contributed by atoms with Crippen LogP contribution in [-0.2, 0) is 11.0 Å². The number of halogens is 3. The largest absolute Gasteiger partial charge is 0.435 e. The lowest BCUT2D eigenvalue weighted by Crippen LogP contribution is -2.33. The summed E-state index contributed by atoms with van der Waals surface area (Å²) in [7, 11) is 0. The number of likely N-dealkylation sites (tertiary alicyclic amines) is 1. The molecule has 1 aromatic rings. The van der Waals surface area contributed by atoms with E-state index in [9.17, 15) is 18.0 Å². The quantitative estimate of drug-likeness (QED) is 0.927. The van der Waals surface area contributed by atoms with Crippen molar-refractivity contribution in [2.24, 2.45) is 5.92 Å². The molecule has 0 aromatic carbocycles. The molecular formula is C15H19F3N4O. The van der Waals surface area contributed by atoms with Crippen LogP contribution in [0.1, 0.15) is 37.8 Å². The van der Waals surface area contributed by atoms with E-state index in [4.69, 9.17) is 0 Å². The number of rotatable bonds is 3. The molecule has 1 aromatic heterocycles. The predicted octanol–water partition coefficient (Wildman–Crippen LogP) is 2.70. The van der Waals surface area contributed by atoms with E-state index in [1.165, 1.54) is 6.07 Å². The average Bonchev–Trinajstić information content (AvgIpc) is 3.18.